The Morgan fingerprint density at radius 3 is 2.82 bits per heavy atom. The van der Waals surface area contributed by atoms with Gasteiger partial charge in [0.1, 0.15) is 5.75 Å². The average Bonchev–Trinajstić information content (AvgIpc) is 2.28. The van der Waals surface area contributed by atoms with Crippen LogP contribution in [0.15, 0.2) is 18.2 Å². The van der Waals surface area contributed by atoms with Crippen molar-refractivity contribution >= 4 is 23.1 Å². The van der Waals surface area contributed by atoms with Gasteiger partial charge >= 0.3 is 0 Å². The van der Waals surface area contributed by atoms with E-state index in [1.165, 1.54) is 0 Å². The number of ether oxygens (including phenoxy) is 1. The first-order valence-corrected chi connectivity index (χ1v) is 6.83. The maximum atomic E-state index is 6.06. The summed E-state index contributed by atoms with van der Waals surface area (Å²) >= 11 is 2.02. The van der Waals surface area contributed by atoms with Crippen molar-refractivity contribution in [2.45, 2.75) is 18.6 Å². The molecule has 0 aliphatic carbocycles. The highest BCUT2D eigenvalue weighted by molar-refractivity contribution is 8.00. The van der Waals surface area contributed by atoms with Gasteiger partial charge in [0.25, 0.3) is 0 Å². The highest BCUT2D eigenvalue weighted by atomic mass is 32.2. The lowest BCUT2D eigenvalue weighted by molar-refractivity contribution is 0.415. The van der Waals surface area contributed by atoms with Gasteiger partial charge in [-0.2, -0.15) is 11.8 Å². The van der Waals surface area contributed by atoms with E-state index < -0.39 is 0 Å². The zero-order valence-corrected chi connectivity index (χ0v) is 11.5. The van der Waals surface area contributed by atoms with Crippen molar-refractivity contribution < 1.29 is 4.74 Å². The molecule has 0 bridgehead atoms. The van der Waals surface area contributed by atoms with Crippen LogP contribution in [0.3, 0.4) is 0 Å². The second-order valence-corrected chi connectivity index (χ2v) is 6.76. The van der Waals surface area contributed by atoms with Crippen LogP contribution in [0.5, 0.6) is 5.75 Å². The van der Waals surface area contributed by atoms with Crippen molar-refractivity contribution in [2.75, 3.05) is 36.6 Å². The minimum absolute atomic E-state index is 0.285. The second kappa shape index (κ2) is 4.69. The number of rotatable bonds is 2. The Bertz CT molecular complexity index is 406. The van der Waals surface area contributed by atoms with Crippen LogP contribution in [0.4, 0.5) is 11.4 Å². The molecular weight excluding hydrogens is 232 g/mol. The van der Waals surface area contributed by atoms with Gasteiger partial charge in [-0.25, -0.2) is 0 Å². The summed E-state index contributed by atoms with van der Waals surface area (Å²) in [6, 6.07) is 5.85. The molecule has 2 rings (SSSR count). The van der Waals surface area contributed by atoms with Crippen LogP contribution in [0.1, 0.15) is 13.8 Å². The van der Waals surface area contributed by atoms with Gasteiger partial charge in [0.05, 0.1) is 18.5 Å². The van der Waals surface area contributed by atoms with Crippen LogP contribution in [-0.4, -0.2) is 30.7 Å². The van der Waals surface area contributed by atoms with E-state index in [2.05, 4.69) is 18.7 Å². The first-order valence-electron chi connectivity index (χ1n) is 5.84. The largest absolute Gasteiger partial charge is 0.497 e. The molecule has 1 aliphatic rings. The number of thioether (sulfide) groups is 1. The fourth-order valence-corrected chi connectivity index (χ4v) is 3.26. The smallest absolute Gasteiger partial charge is 0.121 e. The van der Waals surface area contributed by atoms with Crippen molar-refractivity contribution in [3.8, 4) is 5.75 Å². The molecule has 0 spiro atoms. The predicted molar refractivity (Wildman–Crippen MR) is 76.2 cm³/mol. The van der Waals surface area contributed by atoms with Gasteiger partial charge in [0, 0.05) is 29.7 Å². The van der Waals surface area contributed by atoms with Gasteiger partial charge in [-0.15, -0.1) is 0 Å². The molecule has 0 saturated carbocycles. The van der Waals surface area contributed by atoms with Crippen molar-refractivity contribution in [2.24, 2.45) is 0 Å². The average molecular weight is 252 g/mol. The van der Waals surface area contributed by atoms with Crippen LogP contribution >= 0.6 is 11.8 Å². The quantitative estimate of drug-likeness (QED) is 0.821. The highest BCUT2D eigenvalue weighted by Crippen LogP contribution is 2.35. The Morgan fingerprint density at radius 1 is 1.41 bits per heavy atom. The van der Waals surface area contributed by atoms with Crippen molar-refractivity contribution in [1.82, 2.24) is 0 Å². The third-order valence-electron chi connectivity index (χ3n) is 3.00. The molecule has 4 heteroatoms. The third kappa shape index (κ3) is 2.80. The molecule has 1 aliphatic heterocycles. The number of methoxy groups -OCH3 is 1. The standard InChI is InChI=1S/C13H20N2OS/c1-13(2)9-15(6-7-17-13)12-8-10(16-3)4-5-11(12)14/h4-5,8H,6-7,9,14H2,1-3H3. The number of hydrogen-bond acceptors (Lipinski definition) is 4. The molecule has 1 aromatic rings. The zero-order valence-electron chi connectivity index (χ0n) is 10.7. The van der Waals surface area contributed by atoms with Crippen molar-refractivity contribution in [1.29, 1.82) is 0 Å². The summed E-state index contributed by atoms with van der Waals surface area (Å²) in [4.78, 5) is 2.36. The van der Waals surface area contributed by atoms with E-state index in [1.54, 1.807) is 7.11 Å². The van der Waals surface area contributed by atoms with Crippen LogP contribution < -0.4 is 15.4 Å². The Balaban J connectivity index is 2.26. The Kier molecular flexibility index (Phi) is 3.43. The van der Waals surface area contributed by atoms with E-state index in [0.717, 1.165) is 36.0 Å². The van der Waals surface area contributed by atoms with Gasteiger partial charge in [-0.1, -0.05) is 0 Å². The third-order valence-corrected chi connectivity index (χ3v) is 4.30. The summed E-state index contributed by atoms with van der Waals surface area (Å²) in [7, 11) is 1.69. The monoisotopic (exact) mass is 252 g/mol. The maximum absolute atomic E-state index is 6.06. The summed E-state index contributed by atoms with van der Waals surface area (Å²) in [5.74, 6) is 2.01. The predicted octanol–water partition coefficient (Wildman–Crippen LogP) is 2.61. The Labute approximate surface area is 107 Å². The topological polar surface area (TPSA) is 38.5 Å². The molecule has 1 fully saturated rings. The fraction of sp³-hybridized carbons (Fsp3) is 0.538. The van der Waals surface area contributed by atoms with E-state index in [-0.39, 0.29) is 4.75 Å². The molecule has 1 heterocycles. The van der Waals surface area contributed by atoms with E-state index in [9.17, 15) is 0 Å². The molecule has 17 heavy (non-hydrogen) atoms. The molecule has 0 atom stereocenters. The number of anilines is 2. The first kappa shape index (κ1) is 12.4. The lowest BCUT2D eigenvalue weighted by atomic mass is 10.1. The van der Waals surface area contributed by atoms with Crippen molar-refractivity contribution in [3.63, 3.8) is 0 Å². The van der Waals surface area contributed by atoms with Crippen LogP contribution in [-0.2, 0) is 0 Å². The summed E-state index contributed by atoms with van der Waals surface area (Å²) in [5, 5.41) is 0. The minimum atomic E-state index is 0.285. The van der Waals surface area contributed by atoms with Crippen LogP contribution in [0.25, 0.3) is 0 Å². The second-order valence-electron chi connectivity index (χ2n) is 4.95. The molecule has 2 N–H and O–H groups in total. The Hall–Kier alpha value is -1.03. The van der Waals surface area contributed by atoms with Crippen LogP contribution in [0.2, 0.25) is 0 Å². The van der Waals surface area contributed by atoms with Crippen LogP contribution in [0, 0.1) is 0 Å². The van der Waals surface area contributed by atoms with E-state index in [0.29, 0.717) is 0 Å². The van der Waals surface area contributed by atoms with Gasteiger partial charge in [0.2, 0.25) is 0 Å². The molecule has 1 aromatic carbocycles. The summed E-state index contributed by atoms with van der Waals surface area (Å²) in [6.07, 6.45) is 0. The lowest BCUT2D eigenvalue weighted by Gasteiger charge is -2.39. The van der Waals surface area contributed by atoms with Gasteiger partial charge in [0.15, 0.2) is 0 Å². The number of nitrogens with two attached hydrogens (primary N) is 1. The normalized spacial score (nSPS) is 19.1. The van der Waals surface area contributed by atoms with Gasteiger partial charge in [-0.3, -0.25) is 0 Å². The lowest BCUT2D eigenvalue weighted by Crippen LogP contribution is -2.43. The SMILES string of the molecule is COc1ccc(N)c(N2CCSC(C)(C)C2)c1. The molecule has 1 saturated heterocycles. The number of nitrogens with zero attached hydrogens (tertiary/aromatic N) is 1. The van der Waals surface area contributed by atoms with E-state index in [1.807, 2.05) is 30.0 Å². The zero-order chi connectivity index (χ0) is 12.5. The van der Waals surface area contributed by atoms with Gasteiger partial charge < -0.3 is 15.4 Å². The molecule has 3 nitrogen and oxygen atoms in total. The molecular formula is C13H20N2OS. The Morgan fingerprint density at radius 2 is 2.18 bits per heavy atom. The molecule has 0 amide bonds. The molecule has 0 aromatic heterocycles. The first-order chi connectivity index (χ1) is 8.02. The number of hydrogen-bond donors (Lipinski definition) is 1. The molecule has 94 valence electrons. The van der Waals surface area contributed by atoms with E-state index >= 15 is 0 Å². The highest BCUT2D eigenvalue weighted by Gasteiger charge is 2.28. The van der Waals surface area contributed by atoms with Crippen molar-refractivity contribution in [3.05, 3.63) is 18.2 Å². The number of benzene rings is 1. The fourth-order valence-electron chi connectivity index (χ4n) is 2.15. The maximum Gasteiger partial charge on any atom is 0.121 e. The van der Waals surface area contributed by atoms with Gasteiger partial charge in [-0.05, 0) is 26.0 Å². The molecule has 0 unspecified atom stereocenters. The minimum Gasteiger partial charge on any atom is -0.497 e. The summed E-state index contributed by atoms with van der Waals surface area (Å²) in [6.45, 7) is 6.63. The summed E-state index contributed by atoms with van der Waals surface area (Å²) < 4.78 is 5.55. The van der Waals surface area contributed by atoms with E-state index in [4.69, 9.17) is 10.5 Å². The summed E-state index contributed by atoms with van der Waals surface area (Å²) in [5.41, 5.74) is 7.98. The number of nitrogen functional groups attached to an aromatic ring is 1. The molecule has 0 radical (unpaired) electrons.